The van der Waals surface area contributed by atoms with E-state index in [0.29, 0.717) is 0 Å². The van der Waals surface area contributed by atoms with Gasteiger partial charge in [0.05, 0.1) is 0 Å². The number of fused-ring (bicyclic) bond motifs is 1. The molecule has 0 aromatic carbocycles. The average molecular weight is 195 g/mol. The van der Waals surface area contributed by atoms with Gasteiger partial charge in [-0.1, -0.05) is 33.1 Å². The zero-order chi connectivity index (χ0) is 9.97. The molecule has 1 saturated carbocycles. The minimum absolute atomic E-state index is 0.839. The van der Waals surface area contributed by atoms with Crippen LogP contribution in [0.15, 0.2) is 0 Å². The Morgan fingerprint density at radius 3 is 2.79 bits per heavy atom. The Morgan fingerprint density at radius 2 is 2.00 bits per heavy atom. The van der Waals surface area contributed by atoms with E-state index in [-0.39, 0.29) is 0 Å². The van der Waals surface area contributed by atoms with Gasteiger partial charge in [0, 0.05) is 12.1 Å². The van der Waals surface area contributed by atoms with Gasteiger partial charge in [0.25, 0.3) is 0 Å². The lowest BCUT2D eigenvalue weighted by Gasteiger charge is -2.44. The predicted molar refractivity (Wildman–Crippen MR) is 61.4 cm³/mol. The molecule has 2 rings (SSSR count). The van der Waals surface area contributed by atoms with E-state index in [0.717, 1.165) is 23.9 Å². The van der Waals surface area contributed by atoms with E-state index in [2.05, 4.69) is 19.2 Å². The van der Waals surface area contributed by atoms with E-state index in [1.165, 1.54) is 44.9 Å². The van der Waals surface area contributed by atoms with Crippen LogP contribution in [0.5, 0.6) is 0 Å². The van der Waals surface area contributed by atoms with Crippen molar-refractivity contribution in [1.29, 1.82) is 0 Å². The van der Waals surface area contributed by atoms with Crippen molar-refractivity contribution in [2.45, 2.75) is 70.9 Å². The molecule has 0 radical (unpaired) electrons. The molecule has 1 heteroatoms. The topological polar surface area (TPSA) is 12.0 Å². The van der Waals surface area contributed by atoms with Crippen LogP contribution < -0.4 is 5.32 Å². The van der Waals surface area contributed by atoms with E-state index < -0.39 is 0 Å². The Kier molecular flexibility index (Phi) is 3.48. The number of hydrogen-bond acceptors (Lipinski definition) is 1. The van der Waals surface area contributed by atoms with Crippen molar-refractivity contribution in [3.05, 3.63) is 0 Å². The minimum atomic E-state index is 0.839. The summed E-state index contributed by atoms with van der Waals surface area (Å²) in [6.45, 7) is 4.76. The zero-order valence-corrected chi connectivity index (χ0v) is 9.76. The average Bonchev–Trinajstić information content (AvgIpc) is 2.18. The molecule has 0 amide bonds. The highest BCUT2D eigenvalue weighted by molar-refractivity contribution is 4.91. The van der Waals surface area contributed by atoms with E-state index in [1.807, 2.05) is 0 Å². The molecule has 0 aromatic rings. The highest BCUT2D eigenvalue weighted by atomic mass is 15.0. The highest BCUT2D eigenvalue weighted by Crippen LogP contribution is 2.36. The van der Waals surface area contributed by atoms with E-state index in [9.17, 15) is 0 Å². The fraction of sp³-hybridized carbons (Fsp3) is 1.00. The molecule has 4 atom stereocenters. The van der Waals surface area contributed by atoms with Crippen molar-refractivity contribution in [2.24, 2.45) is 11.8 Å². The van der Waals surface area contributed by atoms with Gasteiger partial charge in [-0.05, 0) is 37.5 Å². The summed E-state index contributed by atoms with van der Waals surface area (Å²) in [5, 5.41) is 3.89. The molecule has 0 bridgehead atoms. The monoisotopic (exact) mass is 195 g/mol. The molecule has 1 aliphatic carbocycles. The van der Waals surface area contributed by atoms with Crippen molar-refractivity contribution < 1.29 is 0 Å². The molecular formula is C13H25N. The summed E-state index contributed by atoms with van der Waals surface area (Å²) in [6.07, 6.45) is 10.0. The summed E-state index contributed by atoms with van der Waals surface area (Å²) in [4.78, 5) is 0. The van der Waals surface area contributed by atoms with Crippen LogP contribution in [0.3, 0.4) is 0 Å². The summed E-state index contributed by atoms with van der Waals surface area (Å²) in [5.41, 5.74) is 0. The minimum Gasteiger partial charge on any atom is -0.311 e. The lowest BCUT2D eigenvalue weighted by molar-refractivity contribution is 0.122. The maximum absolute atomic E-state index is 3.89. The van der Waals surface area contributed by atoms with Gasteiger partial charge in [0.15, 0.2) is 0 Å². The fourth-order valence-corrected chi connectivity index (χ4v) is 3.53. The van der Waals surface area contributed by atoms with Crippen molar-refractivity contribution in [3.63, 3.8) is 0 Å². The standard InChI is InChI=1S/C13H25N/c1-3-5-11-8-9-12-10(2)6-4-7-13(12)14-11/h10-14H,3-9H2,1-2H3/t10-,11+,12-,13-/m1/s1. The van der Waals surface area contributed by atoms with Crippen LogP contribution in [0.1, 0.15) is 58.8 Å². The van der Waals surface area contributed by atoms with Gasteiger partial charge < -0.3 is 5.32 Å². The van der Waals surface area contributed by atoms with E-state index in [4.69, 9.17) is 0 Å². The second kappa shape index (κ2) is 4.65. The van der Waals surface area contributed by atoms with Crippen molar-refractivity contribution >= 4 is 0 Å². The number of piperidine rings is 1. The van der Waals surface area contributed by atoms with Crippen LogP contribution in [-0.2, 0) is 0 Å². The highest BCUT2D eigenvalue weighted by Gasteiger charge is 2.34. The van der Waals surface area contributed by atoms with Gasteiger partial charge in [0.2, 0.25) is 0 Å². The number of nitrogens with one attached hydrogen (secondary N) is 1. The summed E-state index contributed by atoms with van der Waals surface area (Å²) in [5.74, 6) is 1.97. The van der Waals surface area contributed by atoms with Gasteiger partial charge in [-0.25, -0.2) is 0 Å². The second-order valence-electron chi connectivity index (χ2n) is 5.41. The molecule has 82 valence electrons. The van der Waals surface area contributed by atoms with Crippen molar-refractivity contribution in [3.8, 4) is 0 Å². The smallest absolute Gasteiger partial charge is 0.0100 e. The predicted octanol–water partition coefficient (Wildman–Crippen LogP) is 3.34. The third-order valence-electron chi connectivity index (χ3n) is 4.36. The van der Waals surface area contributed by atoms with Gasteiger partial charge in [-0.2, -0.15) is 0 Å². The first-order valence-corrected chi connectivity index (χ1v) is 6.57. The molecular weight excluding hydrogens is 170 g/mol. The summed E-state index contributed by atoms with van der Waals surface area (Å²) < 4.78 is 0. The van der Waals surface area contributed by atoms with Crippen LogP contribution in [0.2, 0.25) is 0 Å². The van der Waals surface area contributed by atoms with Crippen LogP contribution in [0.25, 0.3) is 0 Å². The molecule has 0 spiro atoms. The molecule has 1 aliphatic heterocycles. The van der Waals surface area contributed by atoms with Gasteiger partial charge in [0.1, 0.15) is 0 Å². The first kappa shape index (κ1) is 10.5. The summed E-state index contributed by atoms with van der Waals surface area (Å²) in [7, 11) is 0. The molecule has 0 aromatic heterocycles. The van der Waals surface area contributed by atoms with Crippen LogP contribution in [-0.4, -0.2) is 12.1 Å². The molecule has 1 N–H and O–H groups in total. The largest absolute Gasteiger partial charge is 0.311 e. The van der Waals surface area contributed by atoms with E-state index >= 15 is 0 Å². The van der Waals surface area contributed by atoms with Crippen molar-refractivity contribution in [2.75, 3.05) is 0 Å². The van der Waals surface area contributed by atoms with Gasteiger partial charge in [-0.3, -0.25) is 0 Å². The molecule has 14 heavy (non-hydrogen) atoms. The third-order valence-corrected chi connectivity index (χ3v) is 4.36. The third kappa shape index (κ3) is 2.13. The van der Waals surface area contributed by atoms with Crippen LogP contribution in [0, 0.1) is 11.8 Å². The Bertz CT molecular complexity index is 178. The molecule has 2 fully saturated rings. The molecule has 2 aliphatic rings. The maximum atomic E-state index is 3.89. The van der Waals surface area contributed by atoms with Crippen LogP contribution in [0.4, 0.5) is 0 Å². The first-order valence-electron chi connectivity index (χ1n) is 6.57. The number of rotatable bonds is 2. The normalized spacial score (nSPS) is 43.3. The lowest BCUT2D eigenvalue weighted by atomic mass is 9.71. The summed E-state index contributed by atoms with van der Waals surface area (Å²) in [6, 6.07) is 1.70. The Labute approximate surface area is 88.7 Å². The van der Waals surface area contributed by atoms with Gasteiger partial charge >= 0.3 is 0 Å². The number of hydrogen-bond donors (Lipinski definition) is 1. The molecule has 1 saturated heterocycles. The molecule has 1 nitrogen and oxygen atoms in total. The SMILES string of the molecule is CCC[C@H]1CC[C@@H]2[C@H](C)CCC[C@H]2N1. The fourth-order valence-electron chi connectivity index (χ4n) is 3.53. The quantitative estimate of drug-likeness (QED) is 0.712. The molecule has 1 heterocycles. The first-order chi connectivity index (χ1) is 6.81. The zero-order valence-electron chi connectivity index (χ0n) is 9.76. The maximum Gasteiger partial charge on any atom is 0.0100 e. The van der Waals surface area contributed by atoms with Crippen molar-refractivity contribution in [1.82, 2.24) is 5.32 Å². The Balaban J connectivity index is 1.89. The summed E-state index contributed by atoms with van der Waals surface area (Å²) >= 11 is 0. The van der Waals surface area contributed by atoms with Gasteiger partial charge in [-0.15, -0.1) is 0 Å². The van der Waals surface area contributed by atoms with Crippen LogP contribution >= 0.6 is 0 Å². The molecule has 0 unspecified atom stereocenters. The second-order valence-corrected chi connectivity index (χ2v) is 5.41. The van der Waals surface area contributed by atoms with E-state index in [1.54, 1.807) is 0 Å². The Hall–Kier alpha value is -0.0400. The lowest BCUT2D eigenvalue weighted by Crippen LogP contribution is -2.50. The Morgan fingerprint density at radius 1 is 1.14 bits per heavy atom.